The van der Waals surface area contributed by atoms with Crippen LogP contribution in [0, 0.1) is 5.41 Å². The number of aryl methyl sites for hydroxylation is 1. The molecule has 1 atom stereocenters. The molecule has 0 aromatic heterocycles. The summed E-state index contributed by atoms with van der Waals surface area (Å²) in [6.45, 7) is 11.4. The van der Waals surface area contributed by atoms with Gasteiger partial charge in [-0.3, -0.25) is 4.84 Å². The smallest absolute Gasteiger partial charge is 0.0859 e. The molecule has 2 fully saturated rings. The maximum Gasteiger partial charge on any atom is 0.0859 e. The van der Waals surface area contributed by atoms with Crippen LogP contribution in [0.1, 0.15) is 63.5 Å². The van der Waals surface area contributed by atoms with Crippen molar-refractivity contribution >= 4 is 0 Å². The summed E-state index contributed by atoms with van der Waals surface area (Å²) in [5, 5.41) is 5.72. The number of benzene rings is 1. The third-order valence-corrected chi connectivity index (χ3v) is 6.24. The van der Waals surface area contributed by atoms with Gasteiger partial charge in [0.25, 0.3) is 0 Å². The molecule has 1 heterocycles. The minimum Gasteiger partial charge on any atom is -0.389 e. The van der Waals surface area contributed by atoms with Gasteiger partial charge in [0.05, 0.1) is 6.10 Å². The summed E-state index contributed by atoms with van der Waals surface area (Å²) in [6.07, 6.45) is 10.0. The number of nitrogens with zero attached hydrogens (tertiary/aromatic N) is 1. The van der Waals surface area contributed by atoms with E-state index < -0.39 is 0 Å². The lowest BCUT2D eigenvalue weighted by Crippen LogP contribution is -2.51. The van der Waals surface area contributed by atoms with E-state index in [-0.39, 0.29) is 6.10 Å². The van der Waals surface area contributed by atoms with E-state index in [1.54, 1.807) is 0 Å². The highest BCUT2D eigenvalue weighted by molar-refractivity contribution is 5.23. The van der Waals surface area contributed by atoms with E-state index in [0.717, 1.165) is 44.6 Å². The molecule has 0 spiro atoms. The van der Waals surface area contributed by atoms with Gasteiger partial charge in [-0.25, -0.2) is 5.01 Å². The van der Waals surface area contributed by atoms with E-state index in [0.29, 0.717) is 5.41 Å². The Kier molecular flexibility index (Phi) is 7.33. The van der Waals surface area contributed by atoms with Crippen molar-refractivity contribution in [1.29, 1.82) is 0 Å². The maximum absolute atomic E-state index is 6.00. The molecular formula is C23H37N3O. The lowest BCUT2D eigenvalue weighted by Gasteiger charge is -2.39. The quantitative estimate of drug-likeness (QED) is 0.676. The Morgan fingerprint density at radius 1 is 1.26 bits per heavy atom. The van der Waals surface area contributed by atoms with Crippen LogP contribution in [-0.2, 0) is 17.7 Å². The first-order chi connectivity index (χ1) is 13.1. The van der Waals surface area contributed by atoms with Crippen LogP contribution in [0.15, 0.2) is 36.5 Å². The van der Waals surface area contributed by atoms with Crippen LogP contribution >= 0.6 is 0 Å². The molecule has 150 valence electrons. The molecule has 4 heteroatoms. The van der Waals surface area contributed by atoms with Gasteiger partial charge in [0, 0.05) is 31.8 Å². The molecule has 27 heavy (non-hydrogen) atoms. The minimum atomic E-state index is 0.262. The second kappa shape index (κ2) is 9.72. The molecule has 0 amide bonds. The van der Waals surface area contributed by atoms with Gasteiger partial charge in [-0.15, -0.1) is 5.59 Å². The van der Waals surface area contributed by atoms with Crippen molar-refractivity contribution in [3.8, 4) is 0 Å². The highest BCUT2D eigenvalue weighted by Gasteiger charge is 2.36. The van der Waals surface area contributed by atoms with Gasteiger partial charge in [0.1, 0.15) is 0 Å². The Labute approximate surface area is 165 Å². The van der Waals surface area contributed by atoms with Crippen molar-refractivity contribution in [2.75, 3.05) is 19.6 Å². The number of nitrogens with one attached hydrogen (secondary N) is 2. The molecule has 1 aromatic carbocycles. The van der Waals surface area contributed by atoms with Crippen LogP contribution in [0.3, 0.4) is 0 Å². The number of rotatable bonds is 9. The zero-order valence-corrected chi connectivity index (χ0v) is 17.2. The van der Waals surface area contributed by atoms with Crippen LogP contribution in [-0.4, -0.2) is 30.7 Å². The fourth-order valence-electron chi connectivity index (χ4n) is 4.54. The normalized spacial score (nSPS) is 22.7. The first kappa shape index (κ1) is 20.4. The molecular weight excluding hydrogens is 334 g/mol. The van der Waals surface area contributed by atoms with Crippen molar-refractivity contribution in [3.05, 3.63) is 47.7 Å². The molecule has 4 nitrogen and oxygen atoms in total. The van der Waals surface area contributed by atoms with Crippen molar-refractivity contribution in [3.63, 3.8) is 0 Å². The molecule has 1 saturated carbocycles. The van der Waals surface area contributed by atoms with Crippen molar-refractivity contribution in [1.82, 2.24) is 15.9 Å². The number of hydrazine groups is 1. The number of allylic oxidation sites excluding steroid dienone is 1. The molecule has 3 rings (SSSR count). The van der Waals surface area contributed by atoms with Gasteiger partial charge in [0.2, 0.25) is 0 Å². The van der Waals surface area contributed by atoms with Gasteiger partial charge in [-0.2, -0.15) is 0 Å². The van der Waals surface area contributed by atoms with E-state index in [9.17, 15) is 0 Å². The SMILES string of the molecule is C=C(C)NCCC1(CN2CCC(Cc3ccc(CC)cc3)ON2)CCCC1. The first-order valence-corrected chi connectivity index (χ1v) is 10.7. The van der Waals surface area contributed by atoms with Crippen molar-refractivity contribution in [2.45, 2.75) is 71.3 Å². The second-order valence-electron chi connectivity index (χ2n) is 8.58. The lowest BCUT2D eigenvalue weighted by atomic mass is 9.82. The van der Waals surface area contributed by atoms with E-state index in [2.05, 4.69) is 53.7 Å². The van der Waals surface area contributed by atoms with E-state index in [1.807, 2.05) is 6.92 Å². The predicted octanol–water partition coefficient (Wildman–Crippen LogP) is 4.38. The molecule has 0 radical (unpaired) electrons. The standard InChI is InChI=1S/C23H37N3O/c1-4-20-7-9-21(10-8-20)17-22-11-16-26(25-27-22)18-23(12-5-6-13-23)14-15-24-19(2)3/h7-10,22,24-25H,2,4-6,11-18H2,1,3H3. The summed E-state index contributed by atoms with van der Waals surface area (Å²) in [5.41, 5.74) is 7.51. The van der Waals surface area contributed by atoms with E-state index >= 15 is 0 Å². The predicted molar refractivity (Wildman–Crippen MR) is 112 cm³/mol. The largest absolute Gasteiger partial charge is 0.389 e. The number of hydrogen-bond donors (Lipinski definition) is 2. The zero-order valence-electron chi connectivity index (χ0n) is 17.2. The molecule has 1 unspecified atom stereocenters. The summed E-state index contributed by atoms with van der Waals surface area (Å²) < 4.78 is 0. The monoisotopic (exact) mass is 371 g/mol. The van der Waals surface area contributed by atoms with Gasteiger partial charge < -0.3 is 5.32 Å². The minimum absolute atomic E-state index is 0.262. The lowest BCUT2D eigenvalue weighted by molar-refractivity contribution is -0.171. The van der Waals surface area contributed by atoms with Gasteiger partial charge in [-0.05, 0) is 55.6 Å². The first-order valence-electron chi connectivity index (χ1n) is 10.7. The molecule has 0 bridgehead atoms. The van der Waals surface area contributed by atoms with Crippen LogP contribution in [0.5, 0.6) is 0 Å². The Hall–Kier alpha value is -1.36. The maximum atomic E-state index is 6.00. The van der Waals surface area contributed by atoms with E-state index in [1.165, 1.54) is 43.2 Å². The van der Waals surface area contributed by atoms with Crippen molar-refractivity contribution < 1.29 is 4.84 Å². The highest BCUT2D eigenvalue weighted by atomic mass is 16.7. The topological polar surface area (TPSA) is 36.5 Å². The van der Waals surface area contributed by atoms with Crippen LogP contribution in [0.2, 0.25) is 0 Å². The van der Waals surface area contributed by atoms with Crippen LogP contribution < -0.4 is 10.9 Å². The summed E-state index contributed by atoms with van der Waals surface area (Å²) in [7, 11) is 0. The van der Waals surface area contributed by atoms with Crippen molar-refractivity contribution in [2.24, 2.45) is 5.41 Å². The molecule has 1 aromatic rings. The molecule has 1 aliphatic heterocycles. The summed E-state index contributed by atoms with van der Waals surface area (Å²) in [6, 6.07) is 8.97. The molecule has 2 aliphatic rings. The summed E-state index contributed by atoms with van der Waals surface area (Å²) >= 11 is 0. The average Bonchev–Trinajstić information content (AvgIpc) is 3.12. The van der Waals surface area contributed by atoms with E-state index in [4.69, 9.17) is 4.84 Å². The fourth-order valence-corrected chi connectivity index (χ4v) is 4.54. The Morgan fingerprint density at radius 3 is 2.56 bits per heavy atom. The average molecular weight is 372 g/mol. The van der Waals surface area contributed by atoms with Gasteiger partial charge in [0.15, 0.2) is 0 Å². The highest BCUT2D eigenvalue weighted by Crippen LogP contribution is 2.41. The fraction of sp³-hybridized carbons (Fsp3) is 0.652. The third-order valence-electron chi connectivity index (χ3n) is 6.24. The number of hydrogen-bond acceptors (Lipinski definition) is 4. The van der Waals surface area contributed by atoms with Crippen LogP contribution in [0.4, 0.5) is 0 Å². The van der Waals surface area contributed by atoms with Gasteiger partial charge in [-0.1, -0.05) is 50.6 Å². The molecule has 1 saturated heterocycles. The summed E-state index contributed by atoms with van der Waals surface area (Å²) in [4.78, 5) is 6.00. The molecule has 2 N–H and O–H groups in total. The van der Waals surface area contributed by atoms with Crippen LogP contribution in [0.25, 0.3) is 0 Å². The Balaban J connectivity index is 1.45. The Morgan fingerprint density at radius 2 is 1.96 bits per heavy atom. The van der Waals surface area contributed by atoms with Gasteiger partial charge >= 0.3 is 0 Å². The second-order valence-corrected chi connectivity index (χ2v) is 8.58. The third kappa shape index (κ3) is 6.06. The molecule has 1 aliphatic carbocycles. The zero-order chi connectivity index (χ0) is 19.1. The Bertz CT molecular complexity index is 584. The summed E-state index contributed by atoms with van der Waals surface area (Å²) in [5.74, 6) is 0.